The first-order valence-corrected chi connectivity index (χ1v) is 13.4. The van der Waals surface area contributed by atoms with Gasteiger partial charge in [-0.2, -0.15) is 0 Å². The predicted octanol–water partition coefficient (Wildman–Crippen LogP) is 5.83. The van der Waals surface area contributed by atoms with Crippen LogP contribution in [0.25, 0.3) is 6.08 Å². The predicted molar refractivity (Wildman–Crippen MR) is 153 cm³/mol. The molecule has 0 spiro atoms. The molecule has 2 N–H and O–H groups in total. The minimum Gasteiger partial charge on any atom is -0.490 e. The number of carbonyl (C=O) groups excluding carboxylic acids is 3. The number of amides is 4. The Morgan fingerprint density at radius 3 is 2.54 bits per heavy atom. The lowest BCUT2D eigenvalue weighted by Gasteiger charge is -2.15. The third kappa shape index (κ3) is 6.86. The molecule has 0 saturated carbocycles. The molecule has 1 fully saturated rings. The van der Waals surface area contributed by atoms with Gasteiger partial charge in [0, 0.05) is 10.2 Å². The van der Waals surface area contributed by atoms with Gasteiger partial charge in [0.1, 0.15) is 18.8 Å². The summed E-state index contributed by atoms with van der Waals surface area (Å²) in [6, 6.07) is 18.3. The fourth-order valence-corrected chi connectivity index (χ4v) is 4.60. The Kier molecular flexibility index (Phi) is 9.03. The molecule has 8 nitrogen and oxygen atoms in total. The van der Waals surface area contributed by atoms with Crippen molar-refractivity contribution >= 4 is 45.5 Å². The number of ether oxygens (including phenoxy) is 2. The number of para-hydroxylation sites is 1. The summed E-state index contributed by atoms with van der Waals surface area (Å²) in [5, 5.41) is 5.35. The SMILES string of the molecule is CCOc1cc(/C=C2/NC(=O)N(CC(=O)Nc3ccccc3CC)C2=O)c(Br)cc1OCc1cccc(C)c1. The van der Waals surface area contributed by atoms with Gasteiger partial charge in [-0.15, -0.1) is 0 Å². The number of aryl methyl sites for hydroxylation is 2. The van der Waals surface area contributed by atoms with Crippen LogP contribution in [0.1, 0.15) is 36.1 Å². The Morgan fingerprint density at radius 2 is 1.79 bits per heavy atom. The molecule has 0 radical (unpaired) electrons. The molecule has 202 valence electrons. The summed E-state index contributed by atoms with van der Waals surface area (Å²) in [5.74, 6) is -0.0123. The quantitative estimate of drug-likeness (QED) is 0.228. The van der Waals surface area contributed by atoms with Crippen molar-refractivity contribution in [3.8, 4) is 11.5 Å². The van der Waals surface area contributed by atoms with Crippen LogP contribution in [-0.4, -0.2) is 35.9 Å². The zero-order chi connectivity index (χ0) is 27.9. The summed E-state index contributed by atoms with van der Waals surface area (Å²) in [7, 11) is 0. The van der Waals surface area contributed by atoms with Gasteiger partial charge in [0.15, 0.2) is 11.5 Å². The Balaban J connectivity index is 1.49. The second-order valence-corrected chi connectivity index (χ2v) is 9.82. The fourth-order valence-electron chi connectivity index (χ4n) is 4.16. The zero-order valence-corrected chi connectivity index (χ0v) is 23.6. The maximum Gasteiger partial charge on any atom is 0.329 e. The molecule has 9 heteroatoms. The van der Waals surface area contributed by atoms with Crippen molar-refractivity contribution in [3.63, 3.8) is 0 Å². The average Bonchev–Trinajstić information content (AvgIpc) is 3.17. The monoisotopic (exact) mass is 591 g/mol. The minimum atomic E-state index is -0.663. The van der Waals surface area contributed by atoms with Crippen LogP contribution in [0.3, 0.4) is 0 Å². The highest BCUT2D eigenvalue weighted by molar-refractivity contribution is 9.10. The number of carbonyl (C=O) groups is 3. The molecule has 0 atom stereocenters. The van der Waals surface area contributed by atoms with Gasteiger partial charge in [-0.3, -0.25) is 9.59 Å². The number of anilines is 1. The van der Waals surface area contributed by atoms with Gasteiger partial charge in [-0.1, -0.05) is 70.9 Å². The van der Waals surface area contributed by atoms with Crippen molar-refractivity contribution in [2.45, 2.75) is 33.8 Å². The van der Waals surface area contributed by atoms with E-state index < -0.39 is 24.4 Å². The number of nitrogens with zero attached hydrogens (tertiary/aromatic N) is 1. The van der Waals surface area contributed by atoms with Crippen LogP contribution in [0.15, 0.2) is 70.8 Å². The number of nitrogens with one attached hydrogen (secondary N) is 2. The second kappa shape index (κ2) is 12.6. The standard InChI is InChI=1S/C30H30BrN3O5/c1-4-21-11-6-7-12-24(21)32-28(35)17-34-29(36)25(33-30(34)37)14-22-15-26(38-5-2)27(16-23(22)31)39-18-20-10-8-9-19(3)13-20/h6-16H,4-5,17-18H2,1-3H3,(H,32,35)(H,33,37)/b25-14+. The van der Waals surface area contributed by atoms with Gasteiger partial charge in [-0.05, 0) is 61.2 Å². The molecule has 0 aromatic heterocycles. The van der Waals surface area contributed by atoms with Crippen molar-refractivity contribution in [2.24, 2.45) is 0 Å². The summed E-state index contributed by atoms with van der Waals surface area (Å²) in [4.78, 5) is 39.1. The van der Waals surface area contributed by atoms with Crippen LogP contribution in [0.2, 0.25) is 0 Å². The van der Waals surface area contributed by atoms with Gasteiger partial charge >= 0.3 is 6.03 Å². The molecular formula is C30H30BrN3O5. The van der Waals surface area contributed by atoms with Crippen LogP contribution >= 0.6 is 15.9 Å². The van der Waals surface area contributed by atoms with E-state index in [0.717, 1.165) is 28.0 Å². The summed E-state index contributed by atoms with van der Waals surface area (Å²) in [5.41, 5.74) is 4.45. The molecule has 1 saturated heterocycles. The van der Waals surface area contributed by atoms with E-state index >= 15 is 0 Å². The fraction of sp³-hybridized carbons (Fsp3) is 0.233. The number of imide groups is 1. The molecule has 3 aromatic carbocycles. The van der Waals surface area contributed by atoms with Gasteiger partial charge in [-0.25, -0.2) is 9.69 Å². The summed E-state index contributed by atoms with van der Waals surface area (Å²) >= 11 is 3.54. The van der Waals surface area contributed by atoms with Crippen LogP contribution in [-0.2, 0) is 22.6 Å². The third-order valence-electron chi connectivity index (χ3n) is 6.08. The molecule has 0 unspecified atom stereocenters. The van der Waals surface area contributed by atoms with Gasteiger partial charge < -0.3 is 20.1 Å². The lowest BCUT2D eigenvalue weighted by atomic mass is 10.1. The van der Waals surface area contributed by atoms with Gasteiger partial charge in [0.25, 0.3) is 5.91 Å². The van der Waals surface area contributed by atoms with Gasteiger partial charge in [0.2, 0.25) is 5.91 Å². The maximum absolute atomic E-state index is 13.0. The topological polar surface area (TPSA) is 97.0 Å². The number of hydrogen-bond donors (Lipinski definition) is 2. The third-order valence-corrected chi connectivity index (χ3v) is 6.76. The number of halogens is 1. The first-order chi connectivity index (χ1) is 18.8. The van der Waals surface area contributed by atoms with Crippen molar-refractivity contribution < 1.29 is 23.9 Å². The van der Waals surface area contributed by atoms with E-state index in [2.05, 4.69) is 32.6 Å². The van der Waals surface area contributed by atoms with Crippen LogP contribution in [0.4, 0.5) is 10.5 Å². The molecule has 4 rings (SSSR count). The van der Waals surface area contributed by atoms with Crippen molar-refractivity contribution in [1.29, 1.82) is 0 Å². The number of rotatable bonds is 10. The Morgan fingerprint density at radius 1 is 1.03 bits per heavy atom. The summed E-state index contributed by atoms with van der Waals surface area (Å²) in [6.07, 6.45) is 2.28. The van der Waals surface area contributed by atoms with Crippen LogP contribution in [0, 0.1) is 6.92 Å². The van der Waals surface area contributed by atoms with Crippen molar-refractivity contribution in [3.05, 3.63) is 93.1 Å². The van der Waals surface area contributed by atoms with Crippen LogP contribution < -0.4 is 20.1 Å². The molecule has 0 aliphatic carbocycles. The molecule has 1 heterocycles. The van der Waals surface area contributed by atoms with Crippen molar-refractivity contribution in [2.75, 3.05) is 18.5 Å². The molecular weight excluding hydrogens is 562 g/mol. The second-order valence-electron chi connectivity index (χ2n) is 8.97. The first-order valence-electron chi connectivity index (χ1n) is 12.7. The highest BCUT2D eigenvalue weighted by Crippen LogP contribution is 2.35. The van der Waals surface area contributed by atoms with E-state index in [4.69, 9.17) is 9.47 Å². The van der Waals surface area contributed by atoms with E-state index in [-0.39, 0.29) is 5.70 Å². The van der Waals surface area contributed by atoms with Gasteiger partial charge in [0.05, 0.1) is 6.61 Å². The summed E-state index contributed by atoms with van der Waals surface area (Å²) < 4.78 is 12.5. The number of urea groups is 1. The molecule has 4 amide bonds. The number of benzene rings is 3. The highest BCUT2D eigenvalue weighted by atomic mass is 79.9. The molecule has 1 aliphatic heterocycles. The molecule has 3 aromatic rings. The lowest BCUT2D eigenvalue weighted by Crippen LogP contribution is -2.38. The van der Waals surface area contributed by atoms with E-state index in [9.17, 15) is 14.4 Å². The average molecular weight is 592 g/mol. The first kappa shape index (κ1) is 27.9. The van der Waals surface area contributed by atoms with E-state index in [1.54, 1.807) is 24.3 Å². The van der Waals surface area contributed by atoms with E-state index in [1.165, 1.54) is 0 Å². The smallest absolute Gasteiger partial charge is 0.329 e. The number of hydrogen-bond acceptors (Lipinski definition) is 5. The minimum absolute atomic E-state index is 0.0540. The molecule has 0 bridgehead atoms. The lowest BCUT2D eigenvalue weighted by molar-refractivity contribution is -0.127. The Bertz CT molecular complexity index is 1440. The van der Waals surface area contributed by atoms with E-state index in [0.29, 0.717) is 40.4 Å². The highest BCUT2D eigenvalue weighted by Gasteiger charge is 2.35. The normalized spacial score (nSPS) is 13.9. The largest absolute Gasteiger partial charge is 0.490 e. The van der Waals surface area contributed by atoms with E-state index in [1.807, 2.05) is 57.2 Å². The Labute approximate surface area is 236 Å². The molecule has 39 heavy (non-hydrogen) atoms. The maximum atomic E-state index is 13.0. The van der Waals surface area contributed by atoms with Crippen molar-refractivity contribution in [1.82, 2.24) is 10.2 Å². The zero-order valence-electron chi connectivity index (χ0n) is 22.0. The van der Waals surface area contributed by atoms with Crippen LogP contribution in [0.5, 0.6) is 11.5 Å². The Hall–Kier alpha value is -4.11. The summed E-state index contributed by atoms with van der Waals surface area (Å²) in [6.45, 7) is 6.25. The molecule has 1 aliphatic rings.